The number of hydrogen-bond acceptors (Lipinski definition) is 4. The van der Waals surface area contributed by atoms with E-state index in [0.717, 1.165) is 26.0 Å². The van der Waals surface area contributed by atoms with Crippen LogP contribution in [-0.4, -0.2) is 30.3 Å². The summed E-state index contributed by atoms with van der Waals surface area (Å²) in [5.41, 5.74) is 0. The van der Waals surface area contributed by atoms with E-state index in [1.165, 1.54) is 6.07 Å². The Hall–Kier alpha value is -1.33. The van der Waals surface area contributed by atoms with Crippen LogP contribution in [0.25, 0.3) is 0 Å². The Morgan fingerprint density at radius 3 is 3.06 bits per heavy atom. The number of rotatable bonds is 5. The standard InChI is InChI=1S/C11H15NO4/c13-11(14)10-4-3-9(16-10)7-12-6-8-2-1-5-15-8/h3-4,8,12H,1-2,5-7H2,(H,13,14)/t8-/m1/s1. The van der Waals surface area contributed by atoms with Crippen molar-refractivity contribution in [3.05, 3.63) is 23.7 Å². The minimum Gasteiger partial charge on any atom is -0.475 e. The number of carbonyl (C=O) groups is 1. The third kappa shape index (κ3) is 2.84. The maximum atomic E-state index is 10.6. The molecule has 1 aromatic rings. The minimum atomic E-state index is -1.04. The summed E-state index contributed by atoms with van der Waals surface area (Å²) in [6, 6.07) is 3.14. The first kappa shape index (κ1) is 11.2. The summed E-state index contributed by atoms with van der Waals surface area (Å²) in [4.78, 5) is 10.6. The molecule has 1 aromatic heterocycles. The quantitative estimate of drug-likeness (QED) is 0.789. The molecule has 0 saturated carbocycles. The van der Waals surface area contributed by atoms with Gasteiger partial charge in [-0.2, -0.15) is 0 Å². The summed E-state index contributed by atoms with van der Waals surface area (Å²) < 4.78 is 10.6. The first-order valence-electron chi connectivity index (χ1n) is 5.40. The lowest BCUT2D eigenvalue weighted by atomic mass is 10.2. The Morgan fingerprint density at radius 2 is 2.44 bits per heavy atom. The van der Waals surface area contributed by atoms with Crippen LogP contribution in [0.3, 0.4) is 0 Å². The van der Waals surface area contributed by atoms with Gasteiger partial charge in [0.2, 0.25) is 5.76 Å². The van der Waals surface area contributed by atoms with Crippen molar-refractivity contribution in [2.45, 2.75) is 25.5 Å². The monoisotopic (exact) mass is 225 g/mol. The van der Waals surface area contributed by atoms with Crippen LogP contribution in [0.1, 0.15) is 29.2 Å². The summed E-state index contributed by atoms with van der Waals surface area (Å²) in [5.74, 6) is -0.422. The van der Waals surface area contributed by atoms with Crippen LogP contribution in [0.15, 0.2) is 16.5 Å². The van der Waals surface area contributed by atoms with Gasteiger partial charge in [0.1, 0.15) is 5.76 Å². The van der Waals surface area contributed by atoms with Crippen LogP contribution < -0.4 is 5.32 Å². The van der Waals surface area contributed by atoms with Crippen molar-refractivity contribution in [1.29, 1.82) is 0 Å². The van der Waals surface area contributed by atoms with Gasteiger partial charge in [-0.1, -0.05) is 0 Å². The van der Waals surface area contributed by atoms with Crippen molar-refractivity contribution in [1.82, 2.24) is 5.32 Å². The van der Waals surface area contributed by atoms with Gasteiger partial charge in [0, 0.05) is 13.2 Å². The molecule has 0 aliphatic carbocycles. The zero-order valence-corrected chi connectivity index (χ0v) is 8.94. The number of aromatic carboxylic acids is 1. The maximum absolute atomic E-state index is 10.6. The predicted octanol–water partition coefficient (Wildman–Crippen LogP) is 1.25. The molecule has 1 saturated heterocycles. The molecule has 0 spiro atoms. The summed E-state index contributed by atoms with van der Waals surface area (Å²) in [6.45, 7) is 2.16. The Kier molecular flexibility index (Phi) is 3.58. The number of carboxylic acids is 1. The predicted molar refractivity (Wildman–Crippen MR) is 56.3 cm³/mol. The Balaban J connectivity index is 1.74. The summed E-state index contributed by atoms with van der Waals surface area (Å²) in [7, 11) is 0. The van der Waals surface area contributed by atoms with Crippen molar-refractivity contribution >= 4 is 5.97 Å². The molecule has 1 fully saturated rings. The van der Waals surface area contributed by atoms with Crippen molar-refractivity contribution in [2.75, 3.05) is 13.2 Å². The molecule has 0 radical (unpaired) electrons. The van der Waals surface area contributed by atoms with E-state index < -0.39 is 5.97 Å². The lowest BCUT2D eigenvalue weighted by Gasteiger charge is -2.09. The fourth-order valence-corrected chi connectivity index (χ4v) is 1.75. The molecule has 1 aliphatic rings. The lowest BCUT2D eigenvalue weighted by molar-refractivity contribution is 0.0659. The number of carboxylic acid groups (broad SMARTS) is 1. The van der Waals surface area contributed by atoms with E-state index in [0.29, 0.717) is 12.3 Å². The van der Waals surface area contributed by atoms with Crippen LogP contribution in [-0.2, 0) is 11.3 Å². The number of hydrogen-bond donors (Lipinski definition) is 2. The average Bonchev–Trinajstić information content (AvgIpc) is 2.87. The van der Waals surface area contributed by atoms with E-state index in [1.807, 2.05) is 0 Å². The molecular weight excluding hydrogens is 210 g/mol. The first-order valence-corrected chi connectivity index (χ1v) is 5.40. The smallest absolute Gasteiger partial charge is 0.371 e. The zero-order valence-electron chi connectivity index (χ0n) is 8.94. The van der Waals surface area contributed by atoms with Gasteiger partial charge in [0.05, 0.1) is 12.6 Å². The van der Waals surface area contributed by atoms with Crippen molar-refractivity contribution in [3.63, 3.8) is 0 Å². The van der Waals surface area contributed by atoms with E-state index in [-0.39, 0.29) is 11.9 Å². The summed E-state index contributed by atoms with van der Waals surface area (Å²) in [6.07, 6.45) is 2.50. The van der Waals surface area contributed by atoms with Gasteiger partial charge in [0.15, 0.2) is 0 Å². The molecule has 0 amide bonds. The van der Waals surface area contributed by atoms with Gasteiger partial charge in [0.25, 0.3) is 0 Å². The molecule has 0 unspecified atom stereocenters. The molecule has 2 heterocycles. The van der Waals surface area contributed by atoms with Gasteiger partial charge in [-0.3, -0.25) is 0 Å². The molecule has 1 aliphatic heterocycles. The molecule has 16 heavy (non-hydrogen) atoms. The Labute approximate surface area is 93.4 Å². The minimum absolute atomic E-state index is 0.0195. The summed E-state index contributed by atoms with van der Waals surface area (Å²) >= 11 is 0. The van der Waals surface area contributed by atoms with E-state index in [9.17, 15) is 4.79 Å². The van der Waals surface area contributed by atoms with Crippen LogP contribution in [0.2, 0.25) is 0 Å². The van der Waals surface area contributed by atoms with E-state index in [2.05, 4.69) is 5.32 Å². The number of furan rings is 1. The fourth-order valence-electron chi connectivity index (χ4n) is 1.75. The topological polar surface area (TPSA) is 71.7 Å². The highest BCUT2D eigenvalue weighted by Gasteiger charge is 2.15. The third-order valence-corrected chi connectivity index (χ3v) is 2.57. The molecule has 1 atom stereocenters. The molecule has 0 bridgehead atoms. The molecule has 2 rings (SSSR count). The van der Waals surface area contributed by atoms with Crippen LogP contribution >= 0.6 is 0 Å². The largest absolute Gasteiger partial charge is 0.475 e. The Bertz CT molecular complexity index is 355. The van der Waals surface area contributed by atoms with Crippen molar-refractivity contribution < 1.29 is 19.1 Å². The second kappa shape index (κ2) is 5.14. The van der Waals surface area contributed by atoms with E-state index in [4.69, 9.17) is 14.3 Å². The van der Waals surface area contributed by atoms with Gasteiger partial charge in [-0.25, -0.2) is 4.79 Å². The Morgan fingerprint density at radius 1 is 1.56 bits per heavy atom. The van der Waals surface area contributed by atoms with Crippen molar-refractivity contribution in [3.8, 4) is 0 Å². The third-order valence-electron chi connectivity index (χ3n) is 2.57. The molecule has 5 nitrogen and oxygen atoms in total. The normalized spacial score (nSPS) is 20.1. The highest BCUT2D eigenvalue weighted by molar-refractivity contribution is 5.84. The molecule has 88 valence electrons. The highest BCUT2D eigenvalue weighted by Crippen LogP contribution is 2.11. The van der Waals surface area contributed by atoms with Gasteiger partial charge >= 0.3 is 5.97 Å². The second-order valence-corrected chi connectivity index (χ2v) is 3.84. The number of ether oxygens (including phenoxy) is 1. The highest BCUT2D eigenvalue weighted by atomic mass is 16.5. The maximum Gasteiger partial charge on any atom is 0.371 e. The average molecular weight is 225 g/mol. The van der Waals surface area contributed by atoms with E-state index in [1.54, 1.807) is 6.07 Å². The second-order valence-electron chi connectivity index (χ2n) is 3.84. The molecular formula is C11H15NO4. The van der Waals surface area contributed by atoms with Crippen LogP contribution in [0.4, 0.5) is 0 Å². The first-order chi connectivity index (χ1) is 7.75. The zero-order chi connectivity index (χ0) is 11.4. The molecule has 2 N–H and O–H groups in total. The molecule has 5 heteroatoms. The van der Waals surface area contributed by atoms with Gasteiger partial charge in [-0.15, -0.1) is 0 Å². The van der Waals surface area contributed by atoms with Gasteiger partial charge in [-0.05, 0) is 25.0 Å². The van der Waals surface area contributed by atoms with Crippen molar-refractivity contribution in [2.24, 2.45) is 0 Å². The fraction of sp³-hybridized carbons (Fsp3) is 0.545. The summed E-state index contributed by atoms with van der Waals surface area (Å²) in [5, 5.41) is 11.8. The van der Waals surface area contributed by atoms with Crippen LogP contribution in [0, 0.1) is 0 Å². The van der Waals surface area contributed by atoms with Crippen LogP contribution in [0.5, 0.6) is 0 Å². The number of nitrogens with one attached hydrogen (secondary N) is 1. The molecule has 0 aromatic carbocycles. The van der Waals surface area contributed by atoms with Gasteiger partial charge < -0.3 is 19.6 Å². The SMILES string of the molecule is O=C(O)c1ccc(CNC[C@H]2CCCO2)o1. The van der Waals surface area contributed by atoms with E-state index >= 15 is 0 Å². The lowest BCUT2D eigenvalue weighted by Crippen LogP contribution is -2.25.